The number of hydrazine groups is 1. The standard InChI is InChI=1S/C10H14FN3/c1-7-5-8(6-13-10(7)11)9-3-2-4-14(9)12/h5-6,9H,2-4,12H2,1H3/t9-/m0/s1. The van der Waals surface area contributed by atoms with Crippen LogP contribution in [0.5, 0.6) is 0 Å². The lowest BCUT2D eigenvalue weighted by atomic mass is 10.1. The fraction of sp³-hybridized carbons (Fsp3) is 0.500. The summed E-state index contributed by atoms with van der Waals surface area (Å²) in [4.78, 5) is 3.71. The van der Waals surface area contributed by atoms with Gasteiger partial charge in [0.15, 0.2) is 0 Å². The molecule has 76 valence electrons. The second-order valence-corrected chi connectivity index (χ2v) is 3.77. The molecule has 0 unspecified atom stereocenters. The number of nitrogens with zero attached hydrogens (tertiary/aromatic N) is 2. The van der Waals surface area contributed by atoms with Crippen molar-refractivity contribution in [2.45, 2.75) is 25.8 Å². The van der Waals surface area contributed by atoms with Crippen LogP contribution in [0.15, 0.2) is 12.3 Å². The van der Waals surface area contributed by atoms with Gasteiger partial charge in [-0.2, -0.15) is 4.39 Å². The first-order valence-electron chi connectivity index (χ1n) is 4.82. The lowest BCUT2D eigenvalue weighted by Crippen LogP contribution is -2.30. The number of aromatic nitrogens is 1. The second kappa shape index (κ2) is 3.63. The largest absolute Gasteiger partial charge is 0.268 e. The highest BCUT2D eigenvalue weighted by molar-refractivity contribution is 5.21. The third kappa shape index (κ3) is 1.63. The van der Waals surface area contributed by atoms with E-state index in [1.54, 1.807) is 18.1 Å². The predicted molar refractivity (Wildman–Crippen MR) is 51.8 cm³/mol. The molecule has 2 N–H and O–H groups in total. The van der Waals surface area contributed by atoms with Crippen LogP contribution in [-0.4, -0.2) is 16.5 Å². The van der Waals surface area contributed by atoms with Crippen LogP contribution in [0.4, 0.5) is 4.39 Å². The van der Waals surface area contributed by atoms with Crippen LogP contribution in [0.2, 0.25) is 0 Å². The average molecular weight is 195 g/mol. The van der Waals surface area contributed by atoms with E-state index >= 15 is 0 Å². The Morgan fingerprint density at radius 1 is 1.64 bits per heavy atom. The van der Waals surface area contributed by atoms with Crippen molar-refractivity contribution >= 4 is 0 Å². The van der Waals surface area contributed by atoms with Crippen LogP contribution in [-0.2, 0) is 0 Å². The van der Waals surface area contributed by atoms with E-state index in [4.69, 9.17) is 5.84 Å². The molecule has 0 spiro atoms. The van der Waals surface area contributed by atoms with Gasteiger partial charge < -0.3 is 0 Å². The zero-order valence-electron chi connectivity index (χ0n) is 8.20. The van der Waals surface area contributed by atoms with Crippen LogP contribution >= 0.6 is 0 Å². The Bertz CT molecular complexity index is 340. The molecule has 0 amide bonds. The van der Waals surface area contributed by atoms with Gasteiger partial charge in [-0.15, -0.1) is 0 Å². The topological polar surface area (TPSA) is 42.1 Å². The molecular weight excluding hydrogens is 181 g/mol. The molecule has 4 heteroatoms. The molecule has 14 heavy (non-hydrogen) atoms. The number of hydrogen-bond donors (Lipinski definition) is 1. The van der Waals surface area contributed by atoms with Gasteiger partial charge in [-0.3, -0.25) is 5.84 Å². The molecule has 1 aliphatic rings. The van der Waals surface area contributed by atoms with E-state index in [-0.39, 0.29) is 6.04 Å². The minimum Gasteiger partial charge on any atom is -0.268 e. The maximum Gasteiger partial charge on any atom is 0.215 e. The smallest absolute Gasteiger partial charge is 0.215 e. The molecule has 0 aliphatic carbocycles. The van der Waals surface area contributed by atoms with Crippen LogP contribution in [0.1, 0.15) is 30.0 Å². The van der Waals surface area contributed by atoms with E-state index in [9.17, 15) is 4.39 Å². The Hall–Kier alpha value is -1.00. The van der Waals surface area contributed by atoms with E-state index in [0.29, 0.717) is 5.56 Å². The molecule has 0 saturated carbocycles. The zero-order chi connectivity index (χ0) is 10.1. The van der Waals surface area contributed by atoms with Gasteiger partial charge in [0.25, 0.3) is 0 Å². The second-order valence-electron chi connectivity index (χ2n) is 3.77. The number of nitrogens with two attached hydrogens (primary N) is 1. The van der Waals surface area contributed by atoms with E-state index in [2.05, 4.69) is 4.98 Å². The molecule has 1 aromatic heterocycles. The molecule has 1 fully saturated rings. The van der Waals surface area contributed by atoms with Crippen LogP contribution < -0.4 is 5.84 Å². The van der Waals surface area contributed by atoms with Gasteiger partial charge in [-0.25, -0.2) is 9.99 Å². The maximum atomic E-state index is 12.9. The number of aryl methyl sites for hydroxylation is 1. The lowest BCUT2D eigenvalue weighted by molar-refractivity contribution is 0.265. The first kappa shape index (κ1) is 9.55. The number of rotatable bonds is 1. The number of hydrogen-bond acceptors (Lipinski definition) is 3. The van der Waals surface area contributed by atoms with Crippen LogP contribution in [0.3, 0.4) is 0 Å². The first-order chi connectivity index (χ1) is 6.68. The van der Waals surface area contributed by atoms with Crippen molar-refractivity contribution in [1.29, 1.82) is 0 Å². The number of pyridine rings is 1. The van der Waals surface area contributed by atoms with Gasteiger partial charge in [-0.05, 0) is 31.4 Å². The van der Waals surface area contributed by atoms with Gasteiger partial charge in [0.2, 0.25) is 5.95 Å². The summed E-state index contributed by atoms with van der Waals surface area (Å²) in [7, 11) is 0. The van der Waals surface area contributed by atoms with Crippen molar-refractivity contribution in [1.82, 2.24) is 9.99 Å². The Kier molecular flexibility index (Phi) is 2.48. The quantitative estimate of drug-likeness (QED) is 0.546. The predicted octanol–water partition coefficient (Wildman–Crippen LogP) is 1.54. The van der Waals surface area contributed by atoms with Gasteiger partial charge in [-0.1, -0.05) is 0 Å². The molecule has 1 aliphatic heterocycles. The minimum absolute atomic E-state index is 0.210. The van der Waals surface area contributed by atoms with Gasteiger partial charge in [0.1, 0.15) is 0 Å². The Balaban J connectivity index is 2.28. The highest BCUT2D eigenvalue weighted by Crippen LogP contribution is 2.29. The van der Waals surface area contributed by atoms with Crippen molar-refractivity contribution in [3.8, 4) is 0 Å². The van der Waals surface area contributed by atoms with Crippen molar-refractivity contribution in [3.05, 3.63) is 29.3 Å². The van der Waals surface area contributed by atoms with Crippen molar-refractivity contribution in [2.24, 2.45) is 5.84 Å². The maximum absolute atomic E-state index is 12.9. The lowest BCUT2D eigenvalue weighted by Gasteiger charge is -2.19. The molecule has 1 atom stereocenters. The van der Waals surface area contributed by atoms with Crippen LogP contribution in [0, 0.1) is 12.9 Å². The van der Waals surface area contributed by atoms with E-state index in [0.717, 1.165) is 24.9 Å². The summed E-state index contributed by atoms with van der Waals surface area (Å²) in [6.07, 6.45) is 3.71. The van der Waals surface area contributed by atoms with Gasteiger partial charge in [0, 0.05) is 18.3 Å². The van der Waals surface area contributed by atoms with Crippen molar-refractivity contribution in [3.63, 3.8) is 0 Å². The van der Waals surface area contributed by atoms with E-state index < -0.39 is 5.95 Å². The summed E-state index contributed by atoms with van der Waals surface area (Å²) >= 11 is 0. The SMILES string of the molecule is Cc1cc([C@@H]2CCCN2N)cnc1F. The highest BCUT2D eigenvalue weighted by Gasteiger charge is 2.23. The molecule has 1 aromatic rings. The summed E-state index contributed by atoms with van der Waals surface area (Å²) in [6.45, 7) is 2.63. The third-order valence-electron chi connectivity index (χ3n) is 2.71. The van der Waals surface area contributed by atoms with Crippen molar-refractivity contribution in [2.75, 3.05) is 6.54 Å². The molecule has 1 saturated heterocycles. The molecule has 0 radical (unpaired) electrons. The van der Waals surface area contributed by atoms with E-state index in [1.807, 2.05) is 6.07 Å². The molecule has 2 rings (SSSR count). The first-order valence-corrected chi connectivity index (χ1v) is 4.82. The summed E-state index contributed by atoms with van der Waals surface area (Å²) in [5.41, 5.74) is 1.60. The zero-order valence-corrected chi connectivity index (χ0v) is 8.20. The monoisotopic (exact) mass is 195 g/mol. The Morgan fingerprint density at radius 2 is 2.43 bits per heavy atom. The molecule has 3 nitrogen and oxygen atoms in total. The Morgan fingerprint density at radius 3 is 3.00 bits per heavy atom. The fourth-order valence-corrected chi connectivity index (χ4v) is 1.91. The number of halogens is 1. The average Bonchev–Trinajstić information content (AvgIpc) is 2.57. The molecular formula is C10H14FN3. The molecule has 2 heterocycles. The molecule has 0 aromatic carbocycles. The van der Waals surface area contributed by atoms with Crippen LogP contribution in [0.25, 0.3) is 0 Å². The summed E-state index contributed by atoms with van der Waals surface area (Å²) in [6, 6.07) is 2.04. The van der Waals surface area contributed by atoms with Crippen molar-refractivity contribution < 1.29 is 4.39 Å². The summed E-state index contributed by atoms with van der Waals surface area (Å²) in [5.74, 6) is 5.42. The van der Waals surface area contributed by atoms with E-state index in [1.165, 1.54) is 0 Å². The molecule has 0 bridgehead atoms. The minimum atomic E-state index is -0.393. The van der Waals surface area contributed by atoms with Gasteiger partial charge >= 0.3 is 0 Å². The summed E-state index contributed by atoms with van der Waals surface area (Å²) in [5, 5.41) is 1.80. The third-order valence-corrected chi connectivity index (χ3v) is 2.71. The normalized spacial score (nSPS) is 22.9. The summed E-state index contributed by atoms with van der Waals surface area (Å²) < 4.78 is 12.9. The van der Waals surface area contributed by atoms with Gasteiger partial charge in [0.05, 0.1) is 6.04 Å². The Labute approximate surface area is 82.7 Å². The highest BCUT2D eigenvalue weighted by atomic mass is 19.1. The fourth-order valence-electron chi connectivity index (χ4n) is 1.91.